The van der Waals surface area contributed by atoms with E-state index in [0.29, 0.717) is 25.8 Å². The second-order valence-corrected chi connectivity index (χ2v) is 8.85. The molecule has 2 atom stereocenters. The van der Waals surface area contributed by atoms with Gasteiger partial charge in [-0.3, -0.25) is 9.59 Å². The van der Waals surface area contributed by atoms with E-state index in [9.17, 15) is 27.6 Å². The van der Waals surface area contributed by atoms with Crippen molar-refractivity contribution in [2.24, 2.45) is 11.7 Å². The Hall–Kier alpha value is -2.82. The molecule has 2 rings (SSSR count). The van der Waals surface area contributed by atoms with Crippen LogP contribution in [0, 0.1) is 5.92 Å². The number of hydrogen-bond donors (Lipinski definition) is 3. The Morgan fingerprint density at radius 3 is 2.31 bits per heavy atom. The number of nitrogens with zero attached hydrogens (tertiary/aromatic N) is 2. The van der Waals surface area contributed by atoms with Gasteiger partial charge in [-0.2, -0.15) is 13.2 Å². The van der Waals surface area contributed by atoms with Crippen LogP contribution in [-0.4, -0.2) is 66.4 Å². The van der Waals surface area contributed by atoms with Crippen molar-refractivity contribution in [3.8, 4) is 0 Å². The number of carbonyl (C=O) groups excluding carboxylic acids is 3. The minimum atomic E-state index is -4.50. The molecule has 1 saturated heterocycles. The summed E-state index contributed by atoms with van der Waals surface area (Å²) in [6, 6.07) is 3.27. The van der Waals surface area contributed by atoms with Crippen molar-refractivity contribution in [1.29, 1.82) is 0 Å². The SMILES string of the molecule is CCC(C)C(NC(=O)CCCCCN)C(=O)N1CCN(C(=O)Nc2cccc(C(F)(F)F)c2)CC1. The average molecular weight is 500 g/mol. The van der Waals surface area contributed by atoms with E-state index < -0.39 is 23.8 Å². The van der Waals surface area contributed by atoms with Crippen molar-refractivity contribution in [1.82, 2.24) is 15.1 Å². The van der Waals surface area contributed by atoms with Gasteiger partial charge in [-0.05, 0) is 43.5 Å². The number of urea groups is 1. The number of piperazine rings is 1. The van der Waals surface area contributed by atoms with Crippen LogP contribution in [-0.2, 0) is 15.8 Å². The number of anilines is 1. The number of alkyl halides is 3. The van der Waals surface area contributed by atoms with Gasteiger partial charge in [-0.1, -0.05) is 32.8 Å². The van der Waals surface area contributed by atoms with E-state index in [1.807, 2.05) is 13.8 Å². The summed E-state index contributed by atoms with van der Waals surface area (Å²) >= 11 is 0. The van der Waals surface area contributed by atoms with E-state index >= 15 is 0 Å². The van der Waals surface area contributed by atoms with Crippen LogP contribution in [0.25, 0.3) is 0 Å². The Bertz CT molecular complexity index is 857. The molecule has 4 N–H and O–H groups in total. The molecule has 0 bridgehead atoms. The van der Waals surface area contributed by atoms with E-state index in [2.05, 4.69) is 10.6 Å². The van der Waals surface area contributed by atoms with Gasteiger partial charge in [0.1, 0.15) is 6.04 Å². The molecule has 1 aliphatic rings. The van der Waals surface area contributed by atoms with E-state index in [4.69, 9.17) is 5.73 Å². The van der Waals surface area contributed by atoms with Crippen LogP contribution >= 0.6 is 0 Å². The predicted octanol–water partition coefficient (Wildman–Crippen LogP) is 3.43. The molecule has 1 fully saturated rings. The number of rotatable bonds is 10. The first-order chi connectivity index (χ1) is 16.6. The number of benzene rings is 1. The minimum Gasteiger partial charge on any atom is -0.344 e. The third kappa shape index (κ3) is 8.72. The summed E-state index contributed by atoms with van der Waals surface area (Å²) in [6.45, 7) is 5.46. The van der Waals surface area contributed by atoms with Crippen molar-refractivity contribution < 1.29 is 27.6 Å². The number of nitrogens with two attached hydrogens (primary N) is 1. The lowest BCUT2D eigenvalue weighted by Crippen LogP contribution is -2.57. The highest BCUT2D eigenvalue weighted by Crippen LogP contribution is 2.30. The number of carbonyl (C=O) groups is 3. The van der Waals surface area contributed by atoms with Gasteiger partial charge in [-0.25, -0.2) is 4.79 Å². The summed E-state index contributed by atoms with van der Waals surface area (Å²) in [5.41, 5.74) is 4.68. The van der Waals surface area contributed by atoms with Crippen molar-refractivity contribution in [2.45, 2.75) is 58.2 Å². The van der Waals surface area contributed by atoms with E-state index in [0.717, 1.165) is 25.0 Å². The third-order valence-electron chi connectivity index (χ3n) is 6.22. The third-order valence-corrected chi connectivity index (χ3v) is 6.22. The van der Waals surface area contributed by atoms with Crippen molar-refractivity contribution in [3.05, 3.63) is 29.8 Å². The summed E-state index contributed by atoms with van der Waals surface area (Å²) < 4.78 is 38.7. The Morgan fingerprint density at radius 2 is 1.71 bits per heavy atom. The molecular weight excluding hydrogens is 463 g/mol. The van der Waals surface area contributed by atoms with Crippen LogP contribution in [0.1, 0.15) is 51.5 Å². The fourth-order valence-electron chi connectivity index (χ4n) is 3.84. The molecule has 1 aromatic rings. The predicted molar refractivity (Wildman–Crippen MR) is 128 cm³/mol. The van der Waals surface area contributed by atoms with Crippen molar-refractivity contribution in [2.75, 3.05) is 38.0 Å². The number of amides is 4. The zero-order chi connectivity index (χ0) is 26.0. The molecular formula is C24H36F3N5O3. The van der Waals surface area contributed by atoms with Gasteiger partial charge in [0.15, 0.2) is 0 Å². The highest BCUT2D eigenvalue weighted by molar-refractivity contribution is 5.90. The fourth-order valence-corrected chi connectivity index (χ4v) is 3.84. The summed E-state index contributed by atoms with van der Waals surface area (Å²) in [4.78, 5) is 41.2. The molecule has 0 saturated carbocycles. The van der Waals surface area contributed by atoms with E-state index in [1.54, 1.807) is 4.90 Å². The van der Waals surface area contributed by atoms with Crippen LogP contribution in [0.15, 0.2) is 24.3 Å². The monoisotopic (exact) mass is 499 g/mol. The number of unbranched alkanes of at least 4 members (excludes halogenated alkanes) is 2. The largest absolute Gasteiger partial charge is 0.416 e. The first-order valence-electron chi connectivity index (χ1n) is 12.1. The molecule has 35 heavy (non-hydrogen) atoms. The van der Waals surface area contributed by atoms with Crippen molar-refractivity contribution in [3.63, 3.8) is 0 Å². The summed E-state index contributed by atoms with van der Waals surface area (Å²) in [5.74, 6) is -0.412. The van der Waals surface area contributed by atoms with Crippen LogP contribution in [0.2, 0.25) is 0 Å². The van der Waals surface area contributed by atoms with E-state index in [-0.39, 0.29) is 49.6 Å². The zero-order valence-electron chi connectivity index (χ0n) is 20.4. The Morgan fingerprint density at radius 1 is 1.06 bits per heavy atom. The van der Waals surface area contributed by atoms with Crippen LogP contribution in [0.4, 0.5) is 23.7 Å². The van der Waals surface area contributed by atoms with Gasteiger partial charge < -0.3 is 26.2 Å². The Balaban J connectivity index is 1.91. The van der Waals surface area contributed by atoms with Crippen LogP contribution in [0.5, 0.6) is 0 Å². The maximum atomic E-state index is 13.2. The summed E-state index contributed by atoms with van der Waals surface area (Å²) in [5, 5.41) is 5.37. The molecule has 196 valence electrons. The highest BCUT2D eigenvalue weighted by Gasteiger charge is 2.33. The van der Waals surface area contributed by atoms with Gasteiger partial charge in [0.05, 0.1) is 5.56 Å². The average Bonchev–Trinajstić information content (AvgIpc) is 2.84. The molecule has 4 amide bonds. The molecule has 0 aromatic heterocycles. The quantitative estimate of drug-likeness (QED) is 0.429. The molecule has 1 aliphatic heterocycles. The molecule has 8 nitrogen and oxygen atoms in total. The molecule has 1 aromatic carbocycles. The lowest BCUT2D eigenvalue weighted by Gasteiger charge is -2.37. The molecule has 0 radical (unpaired) electrons. The number of hydrogen-bond acceptors (Lipinski definition) is 4. The molecule has 1 heterocycles. The lowest BCUT2D eigenvalue weighted by molar-refractivity contribution is -0.139. The maximum Gasteiger partial charge on any atom is 0.416 e. The second kappa shape index (κ2) is 13.3. The van der Waals surface area contributed by atoms with Crippen LogP contribution < -0.4 is 16.4 Å². The first kappa shape index (κ1) is 28.4. The maximum absolute atomic E-state index is 13.2. The normalized spacial score (nSPS) is 15.9. The summed E-state index contributed by atoms with van der Waals surface area (Å²) in [7, 11) is 0. The fraction of sp³-hybridized carbons (Fsp3) is 0.625. The zero-order valence-corrected chi connectivity index (χ0v) is 20.4. The number of halogens is 3. The number of nitrogens with one attached hydrogen (secondary N) is 2. The molecule has 0 aliphatic carbocycles. The molecule has 11 heteroatoms. The lowest BCUT2D eigenvalue weighted by atomic mass is 9.97. The van der Waals surface area contributed by atoms with Gasteiger partial charge in [-0.15, -0.1) is 0 Å². The molecule has 2 unspecified atom stereocenters. The minimum absolute atomic E-state index is 0.0503. The standard InChI is InChI=1S/C24H36F3N5O3/c1-3-17(2)21(30-20(33)10-5-4-6-11-28)22(34)31-12-14-32(15-13-31)23(35)29-19-9-7-8-18(16-19)24(25,26)27/h7-9,16-17,21H,3-6,10-15,28H2,1-2H3,(H,29,35)(H,30,33). The highest BCUT2D eigenvalue weighted by atomic mass is 19.4. The summed E-state index contributed by atoms with van der Waals surface area (Å²) in [6.07, 6.45) is -1.03. The first-order valence-corrected chi connectivity index (χ1v) is 12.1. The smallest absolute Gasteiger partial charge is 0.344 e. The topological polar surface area (TPSA) is 108 Å². The van der Waals surface area contributed by atoms with Crippen LogP contribution in [0.3, 0.4) is 0 Å². The van der Waals surface area contributed by atoms with E-state index in [1.165, 1.54) is 17.0 Å². The Labute approximate surface area is 204 Å². The van der Waals surface area contributed by atoms with Crippen molar-refractivity contribution >= 4 is 23.5 Å². The van der Waals surface area contributed by atoms with Gasteiger partial charge in [0.25, 0.3) is 0 Å². The van der Waals surface area contributed by atoms with Gasteiger partial charge >= 0.3 is 12.2 Å². The second-order valence-electron chi connectivity index (χ2n) is 8.85. The van der Waals surface area contributed by atoms with Gasteiger partial charge in [0.2, 0.25) is 11.8 Å². The Kier molecular flexibility index (Phi) is 10.8. The molecule has 0 spiro atoms. The van der Waals surface area contributed by atoms with Gasteiger partial charge in [0, 0.05) is 38.3 Å².